The Morgan fingerprint density at radius 2 is 2.11 bits per heavy atom. The highest BCUT2D eigenvalue weighted by Crippen LogP contribution is 2.39. The van der Waals surface area contributed by atoms with E-state index in [2.05, 4.69) is 20.6 Å². The lowest BCUT2D eigenvalue weighted by Gasteiger charge is -2.22. The molecule has 2 fully saturated rings. The van der Waals surface area contributed by atoms with Crippen LogP contribution in [-0.2, 0) is 14.2 Å². The zero-order valence-electron chi connectivity index (χ0n) is 19.0. The summed E-state index contributed by atoms with van der Waals surface area (Å²) >= 11 is 0. The van der Waals surface area contributed by atoms with E-state index in [1.54, 1.807) is 18.3 Å². The third kappa shape index (κ3) is 3.76. The lowest BCUT2D eigenvalue weighted by Crippen LogP contribution is -2.28. The first kappa shape index (κ1) is 21.8. The van der Waals surface area contributed by atoms with E-state index in [0.717, 1.165) is 11.3 Å². The molecule has 0 unspecified atom stereocenters. The van der Waals surface area contributed by atoms with Gasteiger partial charge in [-0.15, -0.1) is 0 Å². The number of rotatable bonds is 3. The minimum absolute atomic E-state index is 0.0315. The number of carbonyl (C=O) groups excluding carboxylic acids is 1. The SMILES string of the molecule is Cc1c(-c2cc3cc(NC(=O)O[C@H]4OC[C@@H]5COC[C@@H]54)ncc3c(N)c2F)cnc2c1NCCO2. The molecule has 0 saturated carbocycles. The Balaban J connectivity index is 1.29. The topological polar surface area (TPSA) is 130 Å². The Hall–Kier alpha value is -3.70. The summed E-state index contributed by atoms with van der Waals surface area (Å²) in [5.74, 6) is 0.442. The largest absolute Gasteiger partial charge is 0.474 e. The summed E-state index contributed by atoms with van der Waals surface area (Å²) in [7, 11) is 0. The molecular formula is C24H24FN5O5. The van der Waals surface area contributed by atoms with E-state index >= 15 is 4.39 Å². The molecule has 182 valence electrons. The molecule has 35 heavy (non-hydrogen) atoms. The van der Waals surface area contributed by atoms with Gasteiger partial charge in [0.15, 0.2) is 5.82 Å². The average Bonchev–Trinajstić information content (AvgIpc) is 3.47. The minimum Gasteiger partial charge on any atom is -0.474 e. The van der Waals surface area contributed by atoms with Crippen molar-refractivity contribution >= 4 is 34.1 Å². The lowest BCUT2D eigenvalue weighted by atomic mass is 9.97. The van der Waals surface area contributed by atoms with Crippen molar-refractivity contribution in [3.05, 3.63) is 35.9 Å². The molecule has 0 spiro atoms. The number of nitrogens with zero attached hydrogens (tertiary/aromatic N) is 2. The van der Waals surface area contributed by atoms with E-state index in [4.69, 9.17) is 24.7 Å². The predicted octanol–water partition coefficient (Wildman–Crippen LogP) is 3.30. The molecule has 3 aliphatic rings. The quantitative estimate of drug-likeness (QED) is 0.483. The molecule has 0 radical (unpaired) electrons. The fourth-order valence-corrected chi connectivity index (χ4v) is 4.85. The number of fused-ring (bicyclic) bond motifs is 3. The summed E-state index contributed by atoms with van der Waals surface area (Å²) in [6.07, 6.45) is 1.65. The van der Waals surface area contributed by atoms with Crippen molar-refractivity contribution in [1.29, 1.82) is 0 Å². The molecule has 1 aromatic carbocycles. The second-order valence-corrected chi connectivity index (χ2v) is 8.89. The molecule has 2 saturated heterocycles. The van der Waals surface area contributed by atoms with Gasteiger partial charge in [0.25, 0.3) is 0 Å². The smallest absolute Gasteiger partial charge is 0.415 e. The van der Waals surface area contributed by atoms with Crippen LogP contribution in [0, 0.1) is 24.6 Å². The van der Waals surface area contributed by atoms with E-state index in [0.29, 0.717) is 60.8 Å². The number of ether oxygens (including phenoxy) is 4. The molecule has 5 heterocycles. The maximum atomic E-state index is 15.3. The Morgan fingerprint density at radius 1 is 1.23 bits per heavy atom. The number of anilines is 3. The number of aromatic nitrogens is 2. The van der Waals surface area contributed by atoms with Gasteiger partial charge in [0, 0.05) is 41.4 Å². The van der Waals surface area contributed by atoms with E-state index in [9.17, 15) is 4.79 Å². The molecule has 11 heteroatoms. The molecule has 3 aliphatic heterocycles. The first-order valence-corrected chi connectivity index (χ1v) is 11.4. The van der Waals surface area contributed by atoms with E-state index in [-0.39, 0.29) is 23.3 Å². The zero-order chi connectivity index (χ0) is 24.1. The third-order valence-electron chi connectivity index (χ3n) is 6.76. The van der Waals surface area contributed by atoms with Crippen LogP contribution in [0.15, 0.2) is 24.5 Å². The van der Waals surface area contributed by atoms with E-state index < -0.39 is 18.2 Å². The number of hydrogen-bond donors (Lipinski definition) is 3. The Kier molecular flexibility index (Phi) is 5.30. The molecular weight excluding hydrogens is 457 g/mol. The molecule has 2 aromatic heterocycles. The van der Waals surface area contributed by atoms with Crippen molar-refractivity contribution in [3.63, 3.8) is 0 Å². The predicted molar refractivity (Wildman–Crippen MR) is 126 cm³/mol. The molecule has 10 nitrogen and oxygen atoms in total. The Bertz CT molecular complexity index is 1340. The highest BCUT2D eigenvalue weighted by Gasteiger charge is 2.43. The van der Waals surface area contributed by atoms with Gasteiger partial charge in [-0.1, -0.05) is 0 Å². The van der Waals surface area contributed by atoms with Crippen LogP contribution >= 0.6 is 0 Å². The standard InChI is InChI=1S/C24H24FN5O5/c1-11-15(6-29-22-21(11)27-2-3-33-22)14-4-12-5-18(28-7-16(12)20(26)19(14)25)30-24(31)35-23-17-10-32-8-13(17)9-34-23/h4-7,13,17,23,27H,2-3,8-10,26H2,1H3,(H,28,30,31)/t13-,17-,23+/m0/s1. The van der Waals surface area contributed by atoms with Gasteiger partial charge in [-0.2, -0.15) is 0 Å². The van der Waals surface area contributed by atoms with Crippen molar-refractivity contribution in [2.24, 2.45) is 11.8 Å². The molecule has 4 N–H and O–H groups in total. The fraction of sp³-hybridized carbons (Fsp3) is 0.375. The van der Waals surface area contributed by atoms with Gasteiger partial charge < -0.3 is 30.0 Å². The molecule has 0 bridgehead atoms. The number of pyridine rings is 2. The Labute approximate surface area is 199 Å². The fourth-order valence-electron chi connectivity index (χ4n) is 4.85. The number of carbonyl (C=O) groups is 1. The van der Waals surface area contributed by atoms with Gasteiger partial charge in [0.05, 0.1) is 31.4 Å². The second kappa shape index (κ2) is 8.51. The van der Waals surface area contributed by atoms with Crippen LogP contribution in [0.2, 0.25) is 0 Å². The maximum absolute atomic E-state index is 15.3. The van der Waals surface area contributed by atoms with Gasteiger partial charge in [-0.3, -0.25) is 5.32 Å². The van der Waals surface area contributed by atoms with Gasteiger partial charge in [0.1, 0.15) is 18.1 Å². The van der Waals surface area contributed by atoms with Gasteiger partial charge in [-0.05, 0) is 30.0 Å². The normalized spacial score (nSPS) is 22.7. The monoisotopic (exact) mass is 481 g/mol. The zero-order valence-corrected chi connectivity index (χ0v) is 19.0. The summed E-state index contributed by atoms with van der Waals surface area (Å²) < 4.78 is 37.4. The van der Waals surface area contributed by atoms with Crippen LogP contribution in [0.4, 0.5) is 26.4 Å². The number of halogens is 1. The second-order valence-electron chi connectivity index (χ2n) is 8.89. The summed E-state index contributed by atoms with van der Waals surface area (Å²) in [5, 5.41) is 6.91. The van der Waals surface area contributed by atoms with E-state index in [1.165, 1.54) is 6.20 Å². The first-order valence-electron chi connectivity index (χ1n) is 11.4. The van der Waals surface area contributed by atoms with Crippen LogP contribution in [0.3, 0.4) is 0 Å². The summed E-state index contributed by atoms with van der Waals surface area (Å²) in [4.78, 5) is 21.0. The molecule has 0 aliphatic carbocycles. The molecule has 6 rings (SSSR count). The number of benzene rings is 1. The number of amides is 1. The highest BCUT2D eigenvalue weighted by atomic mass is 19.1. The number of nitrogen functional groups attached to an aromatic ring is 1. The van der Waals surface area contributed by atoms with Crippen molar-refractivity contribution in [1.82, 2.24) is 9.97 Å². The van der Waals surface area contributed by atoms with Gasteiger partial charge in [-0.25, -0.2) is 19.2 Å². The average molecular weight is 481 g/mol. The first-order chi connectivity index (χ1) is 17.0. The number of nitrogens with one attached hydrogen (secondary N) is 2. The van der Waals surface area contributed by atoms with Crippen LogP contribution in [0.25, 0.3) is 21.9 Å². The van der Waals surface area contributed by atoms with E-state index in [1.807, 2.05) is 6.92 Å². The summed E-state index contributed by atoms with van der Waals surface area (Å²) in [6, 6.07) is 3.29. The van der Waals surface area contributed by atoms with Gasteiger partial charge >= 0.3 is 6.09 Å². The Morgan fingerprint density at radius 3 is 3.00 bits per heavy atom. The van der Waals surface area contributed by atoms with Crippen LogP contribution in [-0.4, -0.2) is 55.3 Å². The molecule has 3 atom stereocenters. The van der Waals surface area contributed by atoms with Crippen LogP contribution in [0.1, 0.15) is 5.56 Å². The highest BCUT2D eigenvalue weighted by molar-refractivity contribution is 5.99. The summed E-state index contributed by atoms with van der Waals surface area (Å²) in [5.41, 5.74) is 8.52. The maximum Gasteiger partial charge on any atom is 0.415 e. The minimum atomic E-state index is -0.689. The van der Waals surface area contributed by atoms with Crippen molar-refractivity contribution < 1.29 is 28.1 Å². The number of hydrogen-bond acceptors (Lipinski definition) is 9. The van der Waals surface area contributed by atoms with Crippen LogP contribution < -0.4 is 21.1 Å². The molecule has 3 aromatic rings. The van der Waals surface area contributed by atoms with Crippen molar-refractivity contribution in [2.45, 2.75) is 13.2 Å². The van der Waals surface area contributed by atoms with Gasteiger partial charge in [0.2, 0.25) is 12.2 Å². The lowest BCUT2D eigenvalue weighted by molar-refractivity contribution is -0.0939. The van der Waals surface area contributed by atoms with Crippen molar-refractivity contribution in [2.75, 3.05) is 49.3 Å². The van der Waals surface area contributed by atoms with Crippen LogP contribution in [0.5, 0.6) is 5.88 Å². The molecule has 1 amide bonds. The third-order valence-corrected chi connectivity index (χ3v) is 6.76. The van der Waals surface area contributed by atoms with Crippen molar-refractivity contribution in [3.8, 4) is 17.0 Å². The summed E-state index contributed by atoms with van der Waals surface area (Å²) in [6.45, 7) is 4.65. The number of nitrogens with two attached hydrogens (primary N) is 1.